The van der Waals surface area contributed by atoms with Crippen molar-refractivity contribution in [2.24, 2.45) is 5.92 Å². The molecule has 1 N–H and O–H groups in total. The van der Waals surface area contributed by atoms with Crippen molar-refractivity contribution < 1.29 is 14.3 Å². The van der Waals surface area contributed by atoms with Gasteiger partial charge < -0.3 is 14.8 Å². The number of hydrogen-bond acceptors (Lipinski definition) is 4. The van der Waals surface area contributed by atoms with Crippen LogP contribution in [0.2, 0.25) is 0 Å². The first kappa shape index (κ1) is 20.3. The maximum atomic E-state index is 13.0. The van der Waals surface area contributed by atoms with Gasteiger partial charge in [-0.05, 0) is 43.4 Å². The number of nitrogens with one attached hydrogen (secondary N) is 1. The van der Waals surface area contributed by atoms with Gasteiger partial charge in [0.25, 0.3) is 5.91 Å². The summed E-state index contributed by atoms with van der Waals surface area (Å²) in [5.74, 6) is 0.905. The van der Waals surface area contributed by atoms with Crippen molar-refractivity contribution in [3.05, 3.63) is 23.8 Å². The van der Waals surface area contributed by atoms with Crippen LogP contribution in [0.3, 0.4) is 0 Å². The van der Waals surface area contributed by atoms with Gasteiger partial charge in [-0.25, -0.2) is 0 Å². The van der Waals surface area contributed by atoms with E-state index >= 15 is 0 Å². The van der Waals surface area contributed by atoms with Crippen LogP contribution in [0.25, 0.3) is 0 Å². The van der Waals surface area contributed by atoms with Gasteiger partial charge in [0.1, 0.15) is 17.4 Å². The first-order valence-electron chi connectivity index (χ1n) is 9.63. The summed E-state index contributed by atoms with van der Waals surface area (Å²) in [6, 6.07) is 7.36. The molecule has 142 valence electrons. The number of anilines is 1. The molecule has 1 aromatic rings. The molecule has 1 aromatic carbocycles. The normalized spacial score (nSPS) is 16.1. The largest absolute Gasteiger partial charge is 0.493 e. The van der Waals surface area contributed by atoms with Crippen molar-refractivity contribution in [1.82, 2.24) is 0 Å². The Morgan fingerprint density at radius 2 is 2.04 bits per heavy atom. The van der Waals surface area contributed by atoms with E-state index in [2.05, 4.69) is 25.2 Å². The highest BCUT2D eigenvalue weighted by Crippen LogP contribution is 2.34. The van der Waals surface area contributed by atoms with Gasteiger partial charge in [-0.3, -0.25) is 4.79 Å². The van der Waals surface area contributed by atoms with Crippen LogP contribution in [0.1, 0.15) is 64.9 Å². The second kappa shape index (κ2) is 9.59. The average molecular weight is 358 g/mol. The minimum Gasteiger partial charge on any atom is -0.493 e. The molecule has 0 saturated heterocycles. The van der Waals surface area contributed by atoms with Crippen molar-refractivity contribution in [3.63, 3.8) is 0 Å². The molecular formula is C21H30N2O3. The van der Waals surface area contributed by atoms with Gasteiger partial charge in [0.15, 0.2) is 0 Å². The zero-order valence-electron chi connectivity index (χ0n) is 16.1. The van der Waals surface area contributed by atoms with Crippen molar-refractivity contribution in [2.75, 3.05) is 18.5 Å². The third kappa shape index (κ3) is 5.22. The minimum absolute atomic E-state index is 0.141. The van der Waals surface area contributed by atoms with Gasteiger partial charge in [0.05, 0.1) is 17.9 Å². The molecule has 0 aromatic heterocycles. The Morgan fingerprint density at radius 1 is 1.31 bits per heavy atom. The zero-order chi connectivity index (χ0) is 19.0. The number of carbonyl (C=O) groups is 1. The standard InChI is InChI=1S/C21H30N2O3/c1-4-12-26-21(10-6-5-7-11-21)20(24)23-19-9-8-18(13-17(19)14-22)25-15-16(2)3/h8-9,13,16H,4-7,10-12,15H2,1-3H3,(H,23,24). The van der Waals surface area contributed by atoms with Crippen LogP contribution in [0.5, 0.6) is 5.75 Å². The van der Waals surface area contributed by atoms with E-state index in [9.17, 15) is 10.1 Å². The summed E-state index contributed by atoms with van der Waals surface area (Å²) in [7, 11) is 0. The topological polar surface area (TPSA) is 71.3 Å². The Labute approximate surface area is 156 Å². The smallest absolute Gasteiger partial charge is 0.256 e. The fourth-order valence-corrected chi connectivity index (χ4v) is 3.17. The number of rotatable bonds is 8. The number of nitrogens with zero attached hydrogens (tertiary/aromatic N) is 1. The fraction of sp³-hybridized carbons (Fsp3) is 0.619. The summed E-state index contributed by atoms with van der Waals surface area (Å²) in [5, 5.41) is 12.4. The van der Waals surface area contributed by atoms with Crippen LogP contribution < -0.4 is 10.1 Å². The highest BCUT2D eigenvalue weighted by atomic mass is 16.5. The molecule has 0 radical (unpaired) electrons. The van der Waals surface area contributed by atoms with Gasteiger partial charge in [0, 0.05) is 6.61 Å². The Kier molecular flexibility index (Phi) is 7.47. The Hall–Kier alpha value is -2.06. The van der Waals surface area contributed by atoms with Gasteiger partial charge in [-0.1, -0.05) is 40.0 Å². The number of ether oxygens (including phenoxy) is 2. The lowest BCUT2D eigenvalue weighted by Gasteiger charge is -2.35. The molecule has 1 aliphatic carbocycles. The van der Waals surface area contributed by atoms with Gasteiger partial charge in [0.2, 0.25) is 0 Å². The second-order valence-electron chi connectivity index (χ2n) is 7.38. The fourth-order valence-electron chi connectivity index (χ4n) is 3.17. The average Bonchev–Trinajstić information content (AvgIpc) is 2.66. The quantitative estimate of drug-likeness (QED) is 0.733. The van der Waals surface area contributed by atoms with E-state index in [-0.39, 0.29) is 5.91 Å². The van der Waals surface area contributed by atoms with Crippen molar-refractivity contribution in [2.45, 2.75) is 64.9 Å². The van der Waals surface area contributed by atoms with Gasteiger partial charge in [-0.2, -0.15) is 5.26 Å². The Bertz CT molecular complexity index is 643. The molecule has 0 heterocycles. The summed E-state index contributed by atoms with van der Waals surface area (Å²) in [6.07, 6.45) is 5.46. The van der Waals surface area contributed by atoms with E-state index in [1.54, 1.807) is 18.2 Å². The number of benzene rings is 1. The third-order valence-corrected chi connectivity index (χ3v) is 4.60. The van der Waals surface area contributed by atoms with E-state index in [1.807, 2.05) is 6.92 Å². The van der Waals surface area contributed by atoms with E-state index in [0.717, 1.165) is 38.5 Å². The van der Waals surface area contributed by atoms with E-state index in [1.165, 1.54) is 0 Å². The molecule has 0 atom stereocenters. The van der Waals surface area contributed by atoms with Crippen LogP contribution in [-0.4, -0.2) is 24.7 Å². The third-order valence-electron chi connectivity index (χ3n) is 4.60. The zero-order valence-corrected chi connectivity index (χ0v) is 16.1. The second-order valence-corrected chi connectivity index (χ2v) is 7.38. The number of carbonyl (C=O) groups excluding carboxylic acids is 1. The number of amides is 1. The minimum atomic E-state index is -0.770. The molecule has 1 fully saturated rings. The molecule has 1 aliphatic rings. The summed E-state index contributed by atoms with van der Waals surface area (Å²) >= 11 is 0. The predicted molar refractivity (Wildman–Crippen MR) is 102 cm³/mol. The molecule has 0 unspecified atom stereocenters. The van der Waals surface area contributed by atoms with Crippen LogP contribution >= 0.6 is 0 Å². The maximum Gasteiger partial charge on any atom is 0.256 e. The van der Waals surface area contributed by atoms with Gasteiger partial charge in [-0.15, -0.1) is 0 Å². The molecule has 1 saturated carbocycles. The highest BCUT2D eigenvalue weighted by molar-refractivity contribution is 5.98. The maximum absolute atomic E-state index is 13.0. The Balaban J connectivity index is 2.14. The summed E-state index contributed by atoms with van der Waals surface area (Å²) < 4.78 is 11.7. The van der Waals surface area contributed by atoms with Gasteiger partial charge >= 0.3 is 0 Å². The summed E-state index contributed by atoms with van der Waals surface area (Å²) in [4.78, 5) is 13.0. The molecule has 0 spiro atoms. The van der Waals surface area contributed by atoms with E-state index in [4.69, 9.17) is 9.47 Å². The van der Waals surface area contributed by atoms with Crippen LogP contribution in [0.4, 0.5) is 5.69 Å². The number of hydrogen-bond donors (Lipinski definition) is 1. The summed E-state index contributed by atoms with van der Waals surface area (Å²) in [5.41, 5.74) is 0.147. The van der Waals surface area contributed by atoms with Crippen molar-refractivity contribution in [3.8, 4) is 11.8 Å². The molecular weight excluding hydrogens is 328 g/mol. The van der Waals surface area contributed by atoms with E-state index < -0.39 is 5.60 Å². The molecule has 5 heteroatoms. The summed E-state index contributed by atoms with van der Waals surface area (Å²) in [6.45, 7) is 7.34. The highest BCUT2D eigenvalue weighted by Gasteiger charge is 2.40. The molecule has 2 rings (SSSR count). The molecule has 1 amide bonds. The van der Waals surface area contributed by atoms with Crippen LogP contribution in [0.15, 0.2) is 18.2 Å². The lowest BCUT2D eigenvalue weighted by atomic mass is 9.83. The predicted octanol–water partition coefficient (Wildman–Crippen LogP) is 4.66. The lowest BCUT2D eigenvalue weighted by molar-refractivity contribution is -0.146. The molecule has 0 bridgehead atoms. The first-order chi connectivity index (χ1) is 12.5. The lowest BCUT2D eigenvalue weighted by Crippen LogP contribution is -2.47. The molecule has 0 aliphatic heterocycles. The number of nitriles is 1. The SMILES string of the molecule is CCCOC1(C(=O)Nc2ccc(OCC(C)C)cc2C#N)CCCCC1. The van der Waals surface area contributed by atoms with Crippen LogP contribution in [-0.2, 0) is 9.53 Å². The van der Waals surface area contributed by atoms with Crippen molar-refractivity contribution in [1.29, 1.82) is 5.26 Å². The monoisotopic (exact) mass is 358 g/mol. The Morgan fingerprint density at radius 3 is 2.65 bits per heavy atom. The van der Waals surface area contributed by atoms with E-state index in [0.29, 0.717) is 36.1 Å². The molecule has 5 nitrogen and oxygen atoms in total. The first-order valence-corrected chi connectivity index (χ1v) is 9.63. The molecule has 26 heavy (non-hydrogen) atoms. The van der Waals surface area contributed by atoms with Crippen LogP contribution in [0, 0.1) is 17.2 Å². The van der Waals surface area contributed by atoms with Crippen molar-refractivity contribution >= 4 is 11.6 Å².